The molecule has 0 bridgehead atoms. The van der Waals surface area contributed by atoms with Crippen LogP contribution in [-0.4, -0.2) is 25.0 Å². The Labute approximate surface area is 114 Å². The lowest BCUT2D eigenvalue weighted by molar-refractivity contribution is -0.122. The molecule has 3 nitrogen and oxygen atoms in total. The molecule has 1 aliphatic heterocycles. The summed E-state index contributed by atoms with van der Waals surface area (Å²) in [5.74, 6) is 0.161. The molecule has 100 valence electrons. The summed E-state index contributed by atoms with van der Waals surface area (Å²) in [6, 6.07) is 8.57. The summed E-state index contributed by atoms with van der Waals surface area (Å²) < 4.78 is 0. The van der Waals surface area contributed by atoms with Crippen LogP contribution in [0.1, 0.15) is 31.2 Å². The molecule has 1 heterocycles. The Morgan fingerprint density at radius 2 is 2.05 bits per heavy atom. The first-order chi connectivity index (χ1) is 9.29. The molecular formula is C16H20N2O. The van der Waals surface area contributed by atoms with Gasteiger partial charge in [-0.3, -0.25) is 4.79 Å². The first-order valence-electron chi connectivity index (χ1n) is 7.09. The summed E-state index contributed by atoms with van der Waals surface area (Å²) in [5.41, 5.74) is 2.39. The molecule has 1 unspecified atom stereocenters. The minimum atomic E-state index is -0.0169. The second kappa shape index (κ2) is 5.08. The number of carbonyl (C=O) groups is 1. The highest BCUT2D eigenvalue weighted by atomic mass is 16.2. The average molecular weight is 256 g/mol. The molecule has 19 heavy (non-hydrogen) atoms. The smallest absolute Gasteiger partial charge is 0.229 e. The number of para-hydroxylation sites is 1. The quantitative estimate of drug-likeness (QED) is 0.842. The summed E-state index contributed by atoms with van der Waals surface area (Å²) >= 11 is 0. The minimum Gasteiger partial charge on any atom is -0.370 e. The molecule has 3 rings (SSSR count). The van der Waals surface area contributed by atoms with Crippen molar-refractivity contribution in [1.29, 1.82) is 0 Å². The summed E-state index contributed by atoms with van der Waals surface area (Å²) in [5, 5.41) is 3.18. The largest absolute Gasteiger partial charge is 0.370 e. The highest BCUT2D eigenvalue weighted by molar-refractivity contribution is 5.88. The number of rotatable bonds is 3. The van der Waals surface area contributed by atoms with Crippen LogP contribution in [0.5, 0.6) is 0 Å². The van der Waals surface area contributed by atoms with Crippen molar-refractivity contribution in [1.82, 2.24) is 5.32 Å². The minimum absolute atomic E-state index is 0.0169. The van der Waals surface area contributed by atoms with E-state index in [9.17, 15) is 4.79 Å². The number of fused-ring (bicyclic) bond motifs is 1. The monoisotopic (exact) mass is 256 g/mol. The van der Waals surface area contributed by atoms with Gasteiger partial charge in [0.15, 0.2) is 0 Å². The third kappa shape index (κ3) is 2.25. The first kappa shape index (κ1) is 12.3. The van der Waals surface area contributed by atoms with Crippen molar-refractivity contribution in [3.05, 3.63) is 42.0 Å². The maximum absolute atomic E-state index is 12.5. The van der Waals surface area contributed by atoms with E-state index in [1.807, 2.05) is 12.1 Å². The van der Waals surface area contributed by atoms with Crippen LogP contribution in [0.15, 0.2) is 36.4 Å². The summed E-state index contributed by atoms with van der Waals surface area (Å²) in [7, 11) is 0. The summed E-state index contributed by atoms with van der Waals surface area (Å²) in [4.78, 5) is 14.7. The van der Waals surface area contributed by atoms with Crippen LogP contribution in [0.2, 0.25) is 0 Å². The van der Waals surface area contributed by atoms with Gasteiger partial charge in [0.2, 0.25) is 5.91 Å². The molecule has 1 atom stereocenters. The third-order valence-electron chi connectivity index (χ3n) is 4.11. The van der Waals surface area contributed by atoms with Crippen molar-refractivity contribution in [3.63, 3.8) is 0 Å². The van der Waals surface area contributed by atoms with Gasteiger partial charge >= 0.3 is 0 Å². The first-order valence-corrected chi connectivity index (χ1v) is 7.09. The van der Waals surface area contributed by atoms with E-state index in [0.717, 1.165) is 25.9 Å². The lowest BCUT2D eigenvalue weighted by Gasteiger charge is -2.18. The van der Waals surface area contributed by atoms with Crippen molar-refractivity contribution in [3.8, 4) is 0 Å². The summed E-state index contributed by atoms with van der Waals surface area (Å²) in [6.45, 7) is 3.89. The van der Waals surface area contributed by atoms with Crippen molar-refractivity contribution in [2.24, 2.45) is 0 Å². The van der Waals surface area contributed by atoms with Gasteiger partial charge in [-0.15, -0.1) is 0 Å². The molecule has 1 aliphatic carbocycles. The van der Waals surface area contributed by atoms with E-state index in [1.54, 1.807) is 0 Å². The van der Waals surface area contributed by atoms with Gasteiger partial charge in [-0.25, -0.2) is 0 Å². The number of hydrogen-bond donors (Lipinski definition) is 1. The number of nitrogens with zero attached hydrogens (tertiary/aromatic N) is 1. The SMILES string of the molecule is CCN1CC(C(=O)NC2CC=CC2)c2ccccc21. The predicted molar refractivity (Wildman–Crippen MR) is 77.4 cm³/mol. The van der Waals surface area contributed by atoms with Crippen molar-refractivity contribution in [2.75, 3.05) is 18.0 Å². The van der Waals surface area contributed by atoms with E-state index in [4.69, 9.17) is 0 Å². The Morgan fingerprint density at radius 1 is 1.32 bits per heavy atom. The topological polar surface area (TPSA) is 32.3 Å². The number of amides is 1. The van der Waals surface area contributed by atoms with Crippen LogP contribution in [0.4, 0.5) is 5.69 Å². The standard InChI is InChI=1S/C16H20N2O/c1-2-18-11-14(13-9-5-6-10-15(13)18)16(19)17-12-7-3-4-8-12/h3-6,9-10,12,14H,2,7-8,11H2,1H3,(H,17,19). The van der Waals surface area contributed by atoms with Crippen LogP contribution in [0, 0.1) is 0 Å². The Hall–Kier alpha value is -1.77. The molecule has 0 fully saturated rings. The van der Waals surface area contributed by atoms with Crippen molar-refractivity contribution in [2.45, 2.75) is 31.7 Å². The van der Waals surface area contributed by atoms with Gasteiger partial charge in [0.25, 0.3) is 0 Å². The number of likely N-dealkylation sites (N-methyl/N-ethyl adjacent to an activating group) is 1. The van der Waals surface area contributed by atoms with Crippen LogP contribution < -0.4 is 10.2 Å². The maximum atomic E-state index is 12.5. The van der Waals surface area contributed by atoms with Gasteiger partial charge in [-0.2, -0.15) is 0 Å². The van der Waals surface area contributed by atoms with Gasteiger partial charge in [-0.1, -0.05) is 30.4 Å². The lowest BCUT2D eigenvalue weighted by Crippen LogP contribution is -2.38. The van der Waals surface area contributed by atoms with Gasteiger partial charge in [0.1, 0.15) is 0 Å². The van der Waals surface area contributed by atoms with Gasteiger partial charge in [0.05, 0.1) is 5.92 Å². The molecule has 1 aromatic carbocycles. The lowest BCUT2D eigenvalue weighted by atomic mass is 10.00. The molecule has 3 heteroatoms. The predicted octanol–water partition coefficient (Wildman–Crippen LogP) is 2.44. The second-order valence-electron chi connectivity index (χ2n) is 5.30. The molecule has 0 saturated carbocycles. The van der Waals surface area contributed by atoms with Gasteiger partial charge in [-0.05, 0) is 31.4 Å². The highest BCUT2D eigenvalue weighted by Gasteiger charge is 2.33. The van der Waals surface area contributed by atoms with Crippen LogP contribution in [0.25, 0.3) is 0 Å². The van der Waals surface area contributed by atoms with E-state index in [-0.39, 0.29) is 11.8 Å². The van der Waals surface area contributed by atoms with Crippen molar-refractivity contribution < 1.29 is 4.79 Å². The fourth-order valence-corrected chi connectivity index (χ4v) is 3.05. The fourth-order valence-electron chi connectivity index (χ4n) is 3.05. The zero-order chi connectivity index (χ0) is 13.2. The second-order valence-corrected chi connectivity index (χ2v) is 5.30. The zero-order valence-electron chi connectivity index (χ0n) is 11.3. The Morgan fingerprint density at radius 3 is 2.79 bits per heavy atom. The Bertz CT molecular complexity index is 501. The maximum Gasteiger partial charge on any atom is 0.229 e. The molecular weight excluding hydrogens is 236 g/mol. The molecule has 1 amide bonds. The number of nitrogens with one attached hydrogen (secondary N) is 1. The van der Waals surface area contributed by atoms with Crippen LogP contribution in [-0.2, 0) is 4.79 Å². The van der Waals surface area contributed by atoms with Crippen molar-refractivity contribution >= 4 is 11.6 Å². The number of hydrogen-bond acceptors (Lipinski definition) is 2. The normalized spacial score (nSPS) is 21.7. The number of anilines is 1. The van der Waals surface area contributed by atoms with Crippen LogP contribution in [0.3, 0.4) is 0 Å². The van der Waals surface area contributed by atoms with E-state index in [1.165, 1.54) is 11.3 Å². The molecule has 1 N–H and O–H groups in total. The number of carbonyl (C=O) groups excluding carboxylic acids is 1. The molecule has 2 aliphatic rings. The van der Waals surface area contributed by atoms with Gasteiger partial charge in [0, 0.05) is 24.8 Å². The fraction of sp³-hybridized carbons (Fsp3) is 0.438. The molecule has 0 saturated heterocycles. The summed E-state index contributed by atoms with van der Waals surface area (Å²) in [6.07, 6.45) is 6.23. The third-order valence-corrected chi connectivity index (χ3v) is 4.11. The number of benzene rings is 1. The Balaban J connectivity index is 1.76. The Kier molecular flexibility index (Phi) is 3.28. The highest BCUT2D eigenvalue weighted by Crippen LogP contribution is 2.36. The average Bonchev–Trinajstić information content (AvgIpc) is 3.05. The zero-order valence-corrected chi connectivity index (χ0v) is 11.3. The molecule has 1 aromatic rings. The molecule has 0 spiro atoms. The van der Waals surface area contributed by atoms with E-state index < -0.39 is 0 Å². The van der Waals surface area contributed by atoms with E-state index >= 15 is 0 Å². The van der Waals surface area contributed by atoms with Crippen LogP contribution >= 0.6 is 0 Å². The molecule has 0 aromatic heterocycles. The molecule has 0 radical (unpaired) electrons. The van der Waals surface area contributed by atoms with E-state index in [2.05, 4.69) is 41.4 Å². The van der Waals surface area contributed by atoms with E-state index in [0.29, 0.717) is 6.04 Å². The van der Waals surface area contributed by atoms with Gasteiger partial charge < -0.3 is 10.2 Å².